The number of ketones is 1. The summed E-state index contributed by atoms with van der Waals surface area (Å²) in [5.74, 6) is 0.114. The average molecular weight is 229 g/mol. The Kier molecular flexibility index (Phi) is 3.75. The zero-order valence-electron chi connectivity index (χ0n) is 10.4. The minimum atomic E-state index is 0.114. The van der Waals surface area contributed by atoms with Crippen LogP contribution < -0.4 is 0 Å². The SMILES string of the molecule is C=C(CN1CCCC1)c1ccccc1C(C)=O. The van der Waals surface area contributed by atoms with E-state index in [1.165, 1.54) is 12.8 Å². The summed E-state index contributed by atoms with van der Waals surface area (Å²) in [6, 6.07) is 7.75. The van der Waals surface area contributed by atoms with Crippen molar-refractivity contribution in [1.82, 2.24) is 4.90 Å². The number of benzene rings is 1. The first-order chi connectivity index (χ1) is 8.18. The predicted molar refractivity (Wildman–Crippen MR) is 71.2 cm³/mol. The molecule has 1 aromatic carbocycles. The van der Waals surface area contributed by atoms with Gasteiger partial charge >= 0.3 is 0 Å². The van der Waals surface area contributed by atoms with Crippen molar-refractivity contribution in [2.45, 2.75) is 19.8 Å². The second kappa shape index (κ2) is 5.28. The molecule has 1 aliphatic heterocycles. The van der Waals surface area contributed by atoms with E-state index in [0.29, 0.717) is 0 Å². The quantitative estimate of drug-likeness (QED) is 0.740. The maximum Gasteiger partial charge on any atom is 0.160 e. The third-order valence-corrected chi connectivity index (χ3v) is 3.30. The summed E-state index contributed by atoms with van der Waals surface area (Å²) in [5, 5.41) is 0. The molecule has 2 heteroatoms. The Bertz CT molecular complexity index is 430. The molecule has 90 valence electrons. The molecule has 1 aromatic rings. The molecule has 0 radical (unpaired) electrons. The highest BCUT2D eigenvalue weighted by atomic mass is 16.1. The van der Waals surface area contributed by atoms with Crippen molar-refractivity contribution < 1.29 is 4.79 Å². The summed E-state index contributed by atoms with van der Waals surface area (Å²) >= 11 is 0. The van der Waals surface area contributed by atoms with Gasteiger partial charge < -0.3 is 0 Å². The van der Waals surface area contributed by atoms with Crippen LogP contribution in [0.2, 0.25) is 0 Å². The maximum atomic E-state index is 11.6. The van der Waals surface area contributed by atoms with Crippen molar-refractivity contribution in [3.05, 3.63) is 42.0 Å². The second-order valence-electron chi connectivity index (χ2n) is 4.69. The first kappa shape index (κ1) is 12.1. The van der Waals surface area contributed by atoms with Gasteiger partial charge in [-0.15, -0.1) is 0 Å². The van der Waals surface area contributed by atoms with Crippen LogP contribution in [0.25, 0.3) is 5.57 Å². The monoisotopic (exact) mass is 229 g/mol. The molecule has 0 amide bonds. The summed E-state index contributed by atoms with van der Waals surface area (Å²) in [6.07, 6.45) is 2.56. The third-order valence-electron chi connectivity index (χ3n) is 3.30. The zero-order valence-corrected chi connectivity index (χ0v) is 10.4. The summed E-state index contributed by atoms with van der Waals surface area (Å²) in [4.78, 5) is 14.0. The molecule has 0 spiro atoms. The number of likely N-dealkylation sites (tertiary alicyclic amines) is 1. The Morgan fingerprint density at radius 1 is 1.24 bits per heavy atom. The van der Waals surface area contributed by atoms with Crippen molar-refractivity contribution in [1.29, 1.82) is 0 Å². The summed E-state index contributed by atoms with van der Waals surface area (Å²) in [6.45, 7) is 8.94. The molecule has 0 aliphatic carbocycles. The lowest BCUT2D eigenvalue weighted by atomic mass is 9.98. The highest BCUT2D eigenvalue weighted by molar-refractivity contribution is 5.99. The number of carbonyl (C=O) groups excluding carboxylic acids is 1. The molecule has 0 aromatic heterocycles. The highest BCUT2D eigenvalue weighted by Crippen LogP contribution is 2.21. The van der Waals surface area contributed by atoms with E-state index in [2.05, 4.69) is 11.5 Å². The van der Waals surface area contributed by atoms with Gasteiger partial charge in [-0.05, 0) is 44.0 Å². The van der Waals surface area contributed by atoms with Gasteiger partial charge in [0.1, 0.15) is 0 Å². The van der Waals surface area contributed by atoms with Crippen molar-refractivity contribution in [3.8, 4) is 0 Å². The predicted octanol–water partition coefficient (Wildman–Crippen LogP) is 3.00. The van der Waals surface area contributed by atoms with Crippen molar-refractivity contribution >= 4 is 11.4 Å². The first-order valence-electron chi connectivity index (χ1n) is 6.19. The molecular formula is C15H19NO. The smallest absolute Gasteiger partial charge is 0.160 e. The van der Waals surface area contributed by atoms with Gasteiger partial charge in [-0.25, -0.2) is 0 Å². The van der Waals surface area contributed by atoms with E-state index < -0.39 is 0 Å². The maximum absolute atomic E-state index is 11.6. The molecule has 1 saturated heterocycles. The molecule has 17 heavy (non-hydrogen) atoms. The molecule has 1 heterocycles. The van der Waals surface area contributed by atoms with Gasteiger partial charge in [0.2, 0.25) is 0 Å². The van der Waals surface area contributed by atoms with E-state index in [9.17, 15) is 4.79 Å². The van der Waals surface area contributed by atoms with Crippen LogP contribution in [0, 0.1) is 0 Å². The van der Waals surface area contributed by atoms with Gasteiger partial charge in [-0.2, -0.15) is 0 Å². The van der Waals surface area contributed by atoms with Crippen molar-refractivity contribution in [3.63, 3.8) is 0 Å². The van der Waals surface area contributed by atoms with Crippen LogP contribution in [-0.4, -0.2) is 30.3 Å². The zero-order chi connectivity index (χ0) is 12.3. The Labute approximate surface area is 103 Å². The van der Waals surface area contributed by atoms with Crippen LogP contribution >= 0.6 is 0 Å². The van der Waals surface area contributed by atoms with Crippen LogP contribution in [0.5, 0.6) is 0 Å². The van der Waals surface area contributed by atoms with Crippen LogP contribution in [0.15, 0.2) is 30.8 Å². The van der Waals surface area contributed by atoms with Gasteiger partial charge in [0, 0.05) is 12.1 Å². The van der Waals surface area contributed by atoms with Crippen molar-refractivity contribution in [2.75, 3.05) is 19.6 Å². The minimum absolute atomic E-state index is 0.114. The van der Waals surface area contributed by atoms with Gasteiger partial charge in [0.25, 0.3) is 0 Å². The number of rotatable bonds is 4. The lowest BCUT2D eigenvalue weighted by molar-refractivity contribution is 0.101. The van der Waals surface area contributed by atoms with Crippen LogP contribution in [0.3, 0.4) is 0 Å². The van der Waals surface area contributed by atoms with Crippen LogP contribution in [0.1, 0.15) is 35.7 Å². The molecule has 0 bridgehead atoms. The van der Waals surface area contributed by atoms with Gasteiger partial charge in [0.15, 0.2) is 5.78 Å². The summed E-state index contributed by atoms with van der Waals surface area (Å²) < 4.78 is 0. The molecule has 1 fully saturated rings. The van der Waals surface area contributed by atoms with Gasteiger partial charge in [-0.1, -0.05) is 30.8 Å². The second-order valence-corrected chi connectivity index (χ2v) is 4.69. The minimum Gasteiger partial charge on any atom is -0.299 e. The summed E-state index contributed by atoms with van der Waals surface area (Å²) in [7, 11) is 0. The van der Waals surface area contributed by atoms with E-state index in [4.69, 9.17) is 0 Å². The van der Waals surface area contributed by atoms with E-state index in [1.807, 2.05) is 24.3 Å². The molecule has 0 saturated carbocycles. The molecule has 2 rings (SSSR count). The number of Topliss-reactive ketones (excluding diaryl/α,β-unsaturated/α-hetero) is 1. The van der Waals surface area contributed by atoms with E-state index >= 15 is 0 Å². The first-order valence-corrected chi connectivity index (χ1v) is 6.19. The summed E-state index contributed by atoms with van der Waals surface area (Å²) in [5.41, 5.74) is 2.85. The molecule has 0 atom stereocenters. The molecule has 2 nitrogen and oxygen atoms in total. The molecule has 0 unspecified atom stereocenters. The van der Waals surface area contributed by atoms with Gasteiger partial charge in [0.05, 0.1) is 0 Å². The van der Waals surface area contributed by atoms with E-state index in [-0.39, 0.29) is 5.78 Å². The lowest BCUT2D eigenvalue weighted by Gasteiger charge is -2.17. The van der Waals surface area contributed by atoms with Crippen LogP contribution in [0.4, 0.5) is 0 Å². The average Bonchev–Trinajstić information content (AvgIpc) is 2.81. The van der Waals surface area contributed by atoms with E-state index in [1.54, 1.807) is 6.92 Å². The number of nitrogens with zero attached hydrogens (tertiary/aromatic N) is 1. The molecular weight excluding hydrogens is 210 g/mol. The van der Waals surface area contributed by atoms with Crippen LogP contribution in [-0.2, 0) is 0 Å². The fraction of sp³-hybridized carbons (Fsp3) is 0.400. The number of carbonyl (C=O) groups is 1. The Morgan fingerprint density at radius 3 is 2.41 bits per heavy atom. The number of hydrogen-bond donors (Lipinski definition) is 0. The Hall–Kier alpha value is -1.41. The van der Waals surface area contributed by atoms with E-state index in [0.717, 1.165) is 36.3 Å². The Morgan fingerprint density at radius 2 is 1.82 bits per heavy atom. The highest BCUT2D eigenvalue weighted by Gasteiger charge is 2.15. The largest absolute Gasteiger partial charge is 0.299 e. The number of hydrogen-bond acceptors (Lipinski definition) is 2. The molecule has 0 N–H and O–H groups in total. The molecule has 1 aliphatic rings. The van der Waals surface area contributed by atoms with Crippen molar-refractivity contribution in [2.24, 2.45) is 0 Å². The fourth-order valence-corrected chi connectivity index (χ4v) is 2.39. The topological polar surface area (TPSA) is 20.3 Å². The normalized spacial score (nSPS) is 16.1. The Balaban J connectivity index is 2.15. The fourth-order valence-electron chi connectivity index (χ4n) is 2.39. The van der Waals surface area contributed by atoms with Gasteiger partial charge in [-0.3, -0.25) is 9.69 Å². The standard InChI is InChI=1S/C15H19NO/c1-12(11-16-9-5-6-10-16)14-7-3-4-8-15(14)13(2)17/h3-4,7-8H,1,5-6,9-11H2,2H3. The third kappa shape index (κ3) is 2.83. The lowest BCUT2D eigenvalue weighted by Crippen LogP contribution is -2.21.